The Balaban J connectivity index is 1.65. The van der Waals surface area contributed by atoms with Gasteiger partial charge in [-0.25, -0.2) is 0 Å². The molecule has 2 aromatic carbocycles. The molecule has 0 unspecified atom stereocenters. The first-order valence-corrected chi connectivity index (χ1v) is 9.15. The van der Waals surface area contributed by atoms with Crippen molar-refractivity contribution in [3.8, 4) is 0 Å². The van der Waals surface area contributed by atoms with Gasteiger partial charge in [-0.2, -0.15) is 0 Å². The van der Waals surface area contributed by atoms with Crippen LogP contribution < -0.4 is 0 Å². The second-order valence-electron chi connectivity index (χ2n) is 5.58. The average Bonchev–Trinajstić information content (AvgIpc) is 3.08. The van der Waals surface area contributed by atoms with E-state index in [2.05, 4.69) is 35.7 Å². The lowest BCUT2D eigenvalue weighted by Gasteiger charge is -2.05. The first-order valence-electron chi connectivity index (χ1n) is 7.92. The van der Waals surface area contributed by atoms with Crippen LogP contribution in [0, 0.1) is 0 Å². The lowest BCUT2D eigenvalue weighted by Crippen LogP contribution is -1.90. The predicted octanol–water partition coefficient (Wildman–Crippen LogP) is 5.55. The van der Waals surface area contributed by atoms with Crippen molar-refractivity contribution in [3.63, 3.8) is 0 Å². The van der Waals surface area contributed by atoms with E-state index in [1.807, 2.05) is 36.5 Å². The van der Waals surface area contributed by atoms with Crippen LogP contribution in [0.15, 0.2) is 70.2 Å². The van der Waals surface area contributed by atoms with Gasteiger partial charge >= 0.3 is 0 Å². The van der Waals surface area contributed by atoms with Crippen molar-refractivity contribution >= 4 is 23.5 Å². The number of oxime groups is 1. The minimum absolute atomic E-state index is 0.516. The normalized spacial score (nSPS) is 14.7. The Morgan fingerprint density at radius 3 is 2.57 bits per heavy atom. The van der Waals surface area contributed by atoms with Gasteiger partial charge in [0.05, 0.1) is 6.21 Å². The summed E-state index contributed by atoms with van der Waals surface area (Å²) in [5.74, 6) is 0. The molecular formula is C20H21NOS. The minimum atomic E-state index is 0.516. The van der Waals surface area contributed by atoms with Crippen LogP contribution in [0.4, 0.5) is 0 Å². The van der Waals surface area contributed by atoms with E-state index in [0.29, 0.717) is 6.61 Å². The van der Waals surface area contributed by atoms with Crippen molar-refractivity contribution in [2.45, 2.75) is 30.8 Å². The zero-order valence-electron chi connectivity index (χ0n) is 13.4. The molecule has 0 saturated carbocycles. The van der Waals surface area contributed by atoms with Crippen LogP contribution in [0.3, 0.4) is 0 Å². The van der Waals surface area contributed by atoms with Gasteiger partial charge in [0.25, 0.3) is 0 Å². The maximum Gasteiger partial charge on any atom is 0.142 e. The molecule has 0 amide bonds. The molecule has 1 aliphatic rings. The molecule has 0 atom stereocenters. The van der Waals surface area contributed by atoms with E-state index < -0.39 is 0 Å². The quantitative estimate of drug-likeness (QED) is 0.395. The Bertz CT molecular complexity index is 689. The molecule has 23 heavy (non-hydrogen) atoms. The van der Waals surface area contributed by atoms with Gasteiger partial charge in [0.1, 0.15) is 6.61 Å². The molecule has 2 aromatic rings. The van der Waals surface area contributed by atoms with Gasteiger partial charge in [0.2, 0.25) is 0 Å². The fourth-order valence-corrected chi connectivity index (χ4v) is 3.23. The SMILES string of the molecule is CSc1ccc(C2=C(/C=N/OCc3ccccc3)CCC2)cc1. The molecule has 2 nitrogen and oxygen atoms in total. The maximum atomic E-state index is 5.43. The van der Waals surface area contributed by atoms with Crippen LogP contribution in [-0.4, -0.2) is 12.5 Å². The van der Waals surface area contributed by atoms with E-state index >= 15 is 0 Å². The monoisotopic (exact) mass is 323 g/mol. The molecule has 118 valence electrons. The molecule has 0 radical (unpaired) electrons. The zero-order chi connectivity index (χ0) is 15.9. The number of nitrogens with zero attached hydrogens (tertiary/aromatic N) is 1. The number of hydrogen-bond donors (Lipinski definition) is 0. The minimum Gasteiger partial charge on any atom is -0.391 e. The molecule has 0 aromatic heterocycles. The Morgan fingerprint density at radius 1 is 1.04 bits per heavy atom. The molecule has 0 saturated heterocycles. The first kappa shape index (κ1) is 15.9. The van der Waals surface area contributed by atoms with Gasteiger partial charge in [-0.3, -0.25) is 0 Å². The Kier molecular flexibility index (Phi) is 5.54. The summed E-state index contributed by atoms with van der Waals surface area (Å²) in [5.41, 5.74) is 5.16. The van der Waals surface area contributed by atoms with E-state index in [1.54, 1.807) is 11.8 Å². The highest BCUT2D eigenvalue weighted by Crippen LogP contribution is 2.33. The van der Waals surface area contributed by atoms with E-state index in [9.17, 15) is 0 Å². The van der Waals surface area contributed by atoms with Crippen molar-refractivity contribution in [2.75, 3.05) is 6.26 Å². The van der Waals surface area contributed by atoms with Gasteiger partial charge < -0.3 is 4.84 Å². The Morgan fingerprint density at radius 2 is 1.83 bits per heavy atom. The van der Waals surface area contributed by atoms with Crippen molar-refractivity contribution in [2.24, 2.45) is 5.16 Å². The first-order chi connectivity index (χ1) is 11.4. The van der Waals surface area contributed by atoms with Crippen LogP contribution in [0.2, 0.25) is 0 Å². The van der Waals surface area contributed by atoms with E-state index in [-0.39, 0.29) is 0 Å². The van der Waals surface area contributed by atoms with Crippen molar-refractivity contribution < 1.29 is 4.84 Å². The number of thioether (sulfide) groups is 1. The van der Waals surface area contributed by atoms with Crippen molar-refractivity contribution in [3.05, 3.63) is 71.3 Å². The zero-order valence-corrected chi connectivity index (χ0v) is 14.2. The highest BCUT2D eigenvalue weighted by atomic mass is 32.2. The van der Waals surface area contributed by atoms with Crippen molar-refractivity contribution in [1.29, 1.82) is 0 Å². The van der Waals surface area contributed by atoms with Crippen LogP contribution in [0.1, 0.15) is 30.4 Å². The molecule has 1 aliphatic carbocycles. The molecule has 0 heterocycles. The standard InChI is InChI=1S/C20H21NOS/c1-23-19-12-10-17(11-13-19)20-9-5-8-18(20)14-21-22-15-16-6-3-2-4-7-16/h2-4,6-7,10-14H,5,8-9,15H2,1H3/b21-14+. The number of allylic oxidation sites excluding steroid dienone is 2. The summed E-state index contributed by atoms with van der Waals surface area (Å²) in [6.45, 7) is 0.516. The lowest BCUT2D eigenvalue weighted by atomic mass is 10.0. The number of rotatable bonds is 6. The summed E-state index contributed by atoms with van der Waals surface area (Å²) in [4.78, 5) is 6.73. The Hall–Kier alpha value is -2.00. The van der Waals surface area contributed by atoms with Crippen LogP contribution >= 0.6 is 11.8 Å². The van der Waals surface area contributed by atoms with Crippen molar-refractivity contribution in [1.82, 2.24) is 0 Å². The average molecular weight is 323 g/mol. The van der Waals surface area contributed by atoms with E-state index in [4.69, 9.17) is 4.84 Å². The summed E-state index contributed by atoms with van der Waals surface area (Å²) in [5, 5.41) is 4.17. The number of benzene rings is 2. The van der Waals surface area contributed by atoms with Gasteiger partial charge in [-0.1, -0.05) is 47.6 Å². The van der Waals surface area contributed by atoms with Gasteiger partial charge in [0, 0.05) is 4.90 Å². The van der Waals surface area contributed by atoms with Crippen LogP contribution in [0.25, 0.3) is 5.57 Å². The van der Waals surface area contributed by atoms with Crippen LogP contribution in [-0.2, 0) is 11.4 Å². The van der Waals surface area contributed by atoms with Crippen LogP contribution in [0.5, 0.6) is 0 Å². The fraction of sp³-hybridized carbons (Fsp3) is 0.250. The topological polar surface area (TPSA) is 21.6 Å². The highest BCUT2D eigenvalue weighted by Gasteiger charge is 2.14. The smallest absolute Gasteiger partial charge is 0.142 e. The molecule has 0 N–H and O–H groups in total. The molecule has 3 rings (SSSR count). The second-order valence-corrected chi connectivity index (χ2v) is 6.46. The maximum absolute atomic E-state index is 5.43. The summed E-state index contributed by atoms with van der Waals surface area (Å²) in [6.07, 6.45) is 7.40. The summed E-state index contributed by atoms with van der Waals surface area (Å²) in [6, 6.07) is 18.9. The summed E-state index contributed by atoms with van der Waals surface area (Å²) < 4.78 is 0. The molecule has 0 spiro atoms. The third-order valence-electron chi connectivity index (χ3n) is 4.06. The summed E-state index contributed by atoms with van der Waals surface area (Å²) in [7, 11) is 0. The molecular weight excluding hydrogens is 302 g/mol. The molecule has 0 aliphatic heterocycles. The lowest BCUT2D eigenvalue weighted by molar-refractivity contribution is 0.132. The molecule has 0 bridgehead atoms. The summed E-state index contributed by atoms with van der Waals surface area (Å²) >= 11 is 1.77. The van der Waals surface area contributed by atoms with Gasteiger partial charge in [-0.15, -0.1) is 11.8 Å². The fourth-order valence-electron chi connectivity index (χ4n) is 2.82. The highest BCUT2D eigenvalue weighted by molar-refractivity contribution is 7.98. The third kappa shape index (κ3) is 4.26. The van der Waals surface area contributed by atoms with E-state index in [1.165, 1.54) is 28.0 Å². The second kappa shape index (κ2) is 8.02. The Labute approximate surface area is 142 Å². The van der Waals surface area contributed by atoms with Gasteiger partial charge in [0.15, 0.2) is 0 Å². The molecule has 3 heteroatoms. The number of hydrogen-bond acceptors (Lipinski definition) is 3. The van der Waals surface area contributed by atoms with E-state index in [0.717, 1.165) is 18.4 Å². The van der Waals surface area contributed by atoms with Gasteiger partial charge in [-0.05, 0) is 59.9 Å². The molecule has 0 fully saturated rings. The largest absolute Gasteiger partial charge is 0.391 e. The predicted molar refractivity (Wildman–Crippen MR) is 98.7 cm³/mol. The third-order valence-corrected chi connectivity index (χ3v) is 4.80.